The number of nitrogens with zero attached hydrogens (tertiary/aromatic N) is 2. The van der Waals surface area contributed by atoms with E-state index in [1.54, 1.807) is 0 Å². The van der Waals surface area contributed by atoms with Crippen molar-refractivity contribution in [3.05, 3.63) is 47.6 Å². The van der Waals surface area contributed by atoms with E-state index >= 15 is 0 Å². The quantitative estimate of drug-likeness (QED) is 0.797. The number of amides is 1. The third-order valence-electron chi connectivity index (χ3n) is 4.81. The number of benzene rings is 1. The Bertz CT molecular complexity index is 686. The number of carbonyl (C=O) groups excluding carboxylic acids is 1. The summed E-state index contributed by atoms with van der Waals surface area (Å²) < 4.78 is 5.36. The van der Waals surface area contributed by atoms with Gasteiger partial charge in [0.2, 0.25) is 11.8 Å². The maximum atomic E-state index is 12.2. The van der Waals surface area contributed by atoms with Crippen molar-refractivity contribution in [2.75, 3.05) is 0 Å². The van der Waals surface area contributed by atoms with Crippen LogP contribution in [0.1, 0.15) is 80.7 Å². The van der Waals surface area contributed by atoms with Crippen molar-refractivity contribution in [1.29, 1.82) is 0 Å². The normalized spacial score (nSPS) is 17.2. The molecule has 0 saturated heterocycles. The molecule has 142 valence electrons. The molecule has 6 nitrogen and oxygen atoms in total. The van der Waals surface area contributed by atoms with Crippen LogP contribution in [0.3, 0.4) is 0 Å². The number of carbonyl (C=O) groups is 1. The summed E-state index contributed by atoms with van der Waals surface area (Å²) in [7, 11) is 0. The SMILES string of the molecule is CC(NC(=O)CC(N)c1ccccc1)c1nc(C2CCCCC2)no1.Cl. The molecule has 0 bridgehead atoms. The predicted molar refractivity (Wildman–Crippen MR) is 102 cm³/mol. The molecule has 1 heterocycles. The van der Waals surface area contributed by atoms with Crippen LogP contribution in [0.25, 0.3) is 0 Å². The van der Waals surface area contributed by atoms with Crippen LogP contribution in [0.2, 0.25) is 0 Å². The first kappa shape index (κ1) is 20.4. The standard InChI is InChI=1S/C19H26N4O2.ClH/c1-13(19-22-18(23-25-19)15-10-6-3-7-11-15)21-17(24)12-16(20)14-8-4-2-5-9-14;/h2,4-5,8-9,13,15-16H,3,6-7,10-12,20H2,1H3,(H,21,24);1H. The average molecular weight is 379 g/mol. The average Bonchev–Trinajstić information content (AvgIpc) is 3.13. The van der Waals surface area contributed by atoms with Gasteiger partial charge < -0.3 is 15.6 Å². The van der Waals surface area contributed by atoms with Crippen LogP contribution in [0.15, 0.2) is 34.9 Å². The molecule has 7 heteroatoms. The van der Waals surface area contributed by atoms with Gasteiger partial charge in [-0.15, -0.1) is 12.4 Å². The van der Waals surface area contributed by atoms with Crippen molar-refractivity contribution in [2.45, 2.75) is 63.5 Å². The molecule has 1 amide bonds. The van der Waals surface area contributed by atoms with Gasteiger partial charge in [-0.3, -0.25) is 4.79 Å². The molecular formula is C19H27ClN4O2. The van der Waals surface area contributed by atoms with Gasteiger partial charge in [0, 0.05) is 18.4 Å². The van der Waals surface area contributed by atoms with Gasteiger partial charge in [-0.25, -0.2) is 0 Å². The van der Waals surface area contributed by atoms with Crippen LogP contribution < -0.4 is 11.1 Å². The number of aromatic nitrogens is 2. The molecular weight excluding hydrogens is 352 g/mol. The lowest BCUT2D eigenvalue weighted by Crippen LogP contribution is -2.30. The van der Waals surface area contributed by atoms with Crippen molar-refractivity contribution < 1.29 is 9.32 Å². The number of nitrogens with two attached hydrogens (primary N) is 1. The molecule has 0 spiro atoms. The van der Waals surface area contributed by atoms with E-state index < -0.39 is 0 Å². The zero-order valence-electron chi connectivity index (χ0n) is 15.1. The Labute approximate surface area is 160 Å². The van der Waals surface area contributed by atoms with Gasteiger partial charge >= 0.3 is 0 Å². The Morgan fingerprint density at radius 2 is 1.96 bits per heavy atom. The Hall–Kier alpha value is -1.92. The van der Waals surface area contributed by atoms with E-state index in [1.807, 2.05) is 37.3 Å². The summed E-state index contributed by atoms with van der Waals surface area (Å²) in [6.45, 7) is 1.85. The minimum atomic E-state index is -0.325. The number of rotatable bonds is 6. The fourth-order valence-corrected chi connectivity index (χ4v) is 3.33. The van der Waals surface area contributed by atoms with Crippen LogP contribution in [0.5, 0.6) is 0 Å². The highest BCUT2D eigenvalue weighted by atomic mass is 35.5. The van der Waals surface area contributed by atoms with E-state index in [2.05, 4.69) is 15.5 Å². The van der Waals surface area contributed by atoms with Crippen LogP contribution in [0.4, 0.5) is 0 Å². The Morgan fingerprint density at radius 3 is 2.65 bits per heavy atom. The first-order chi connectivity index (χ1) is 12.1. The number of nitrogens with one attached hydrogen (secondary N) is 1. The van der Waals surface area contributed by atoms with E-state index in [0.29, 0.717) is 11.8 Å². The molecule has 2 atom stereocenters. The molecule has 1 saturated carbocycles. The Balaban J connectivity index is 0.00000243. The van der Waals surface area contributed by atoms with Crippen molar-refractivity contribution in [3.8, 4) is 0 Å². The van der Waals surface area contributed by atoms with E-state index in [-0.39, 0.29) is 36.8 Å². The van der Waals surface area contributed by atoms with Crippen molar-refractivity contribution in [1.82, 2.24) is 15.5 Å². The van der Waals surface area contributed by atoms with E-state index in [9.17, 15) is 4.79 Å². The molecule has 2 aromatic rings. The van der Waals surface area contributed by atoms with Gasteiger partial charge in [0.15, 0.2) is 5.82 Å². The second-order valence-electron chi connectivity index (χ2n) is 6.84. The fourth-order valence-electron chi connectivity index (χ4n) is 3.33. The van der Waals surface area contributed by atoms with Crippen LogP contribution in [0, 0.1) is 0 Å². The van der Waals surface area contributed by atoms with Crippen LogP contribution in [-0.4, -0.2) is 16.0 Å². The summed E-state index contributed by atoms with van der Waals surface area (Å²) in [6.07, 6.45) is 6.18. The minimum absolute atomic E-state index is 0. The van der Waals surface area contributed by atoms with Gasteiger partial charge in [0.25, 0.3) is 0 Å². The predicted octanol–water partition coefficient (Wildman–Crippen LogP) is 3.81. The van der Waals surface area contributed by atoms with Gasteiger partial charge in [0.1, 0.15) is 6.04 Å². The highest BCUT2D eigenvalue weighted by molar-refractivity contribution is 5.85. The summed E-state index contributed by atoms with van der Waals surface area (Å²) in [4.78, 5) is 16.7. The molecule has 0 radical (unpaired) electrons. The fraction of sp³-hybridized carbons (Fsp3) is 0.526. The summed E-state index contributed by atoms with van der Waals surface area (Å²) in [6, 6.07) is 8.97. The molecule has 26 heavy (non-hydrogen) atoms. The van der Waals surface area contributed by atoms with E-state index in [4.69, 9.17) is 10.3 Å². The van der Waals surface area contributed by atoms with Crippen molar-refractivity contribution in [3.63, 3.8) is 0 Å². The van der Waals surface area contributed by atoms with Crippen molar-refractivity contribution in [2.24, 2.45) is 5.73 Å². The first-order valence-electron chi connectivity index (χ1n) is 9.07. The van der Waals surface area contributed by atoms with Crippen molar-refractivity contribution >= 4 is 18.3 Å². The smallest absolute Gasteiger partial charge is 0.248 e. The van der Waals surface area contributed by atoms with Crippen LogP contribution in [-0.2, 0) is 4.79 Å². The molecule has 0 aliphatic heterocycles. The molecule has 3 N–H and O–H groups in total. The molecule has 1 aliphatic carbocycles. The van der Waals surface area contributed by atoms with Crippen LogP contribution >= 0.6 is 12.4 Å². The highest BCUT2D eigenvalue weighted by Crippen LogP contribution is 2.31. The maximum Gasteiger partial charge on any atom is 0.248 e. The highest BCUT2D eigenvalue weighted by Gasteiger charge is 2.23. The largest absolute Gasteiger partial charge is 0.345 e. The first-order valence-corrected chi connectivity index (χ1v) is 9.07. The Kier molecular flexibility index (Phi) is 7.60. The number of halogens is 1. The number of hydrogen-bond donors (Lipinski definition) is 2. The Morgan fingerprint density at radius 1 is 1.27 bits per heavy atom. The van der Waals surface area contributed by atoms with Gasteiger partial charge in [-0.1, -0.05) is 54.8 Å². The van der Waals surface area contributed by atoms with E-state index in [1.165, 1.54) is 19.3 Å². The topological polar surface area (TPSA) is 94.0 Å². The molecule has 2 unspecified atom stereocenters. The summed E-state index contributed by atoms with van der Waals surface area (Å²) >= 11 is 0. The second kappa shape index (κ2) is 9.69. The monoisotopic (exact) mass is 378 g/mol. The number of hydrogen-bond acceptors (Lipinski definition) is 5. The molecule has 1 fully saturated rings. The lowest BCUT2D eigenvalue weighted by Gasteiger charge is -2.17. The molecule has 1 aromatic carbocycles. The zero-order chi connectivity index (χ0) is 17.6. The summed E-state index contributed by atoms with van der Waals surface area (Å²) in [5.41, 5.74) is 7.05. The second-order valence-corrected chi connectivity index (χ2v) is 6.84. The van der Waals surface area contributed by atoms with Gasteiger partial charge in [-0.05, 0) is 25.3 Å². The zero-order valence-corrected chi connectivity index (χ0v) is 15.9. The maximum absolute atomic E-state index is 12.2. The van der Waals surface area contributed by atoms with Gasteiger partial charge in [-0.2, -0.15) is 4.98 Å². The molecule has 3 rings (SSSR count). The lowest BCUT2D eigenvalue weighted by atomic mass is 9.89. The minimum Gasteiger partial charge on any atom is -0.345 e. The van der Waals surface area contributed by atoms with E-state index in [0.717, 1.165) is 24.2 Å². The molecule has 1 aliphatic rings. The molecule has 1 aromatic heterocycles. The van der Waals surface area contributed by atoms with Gasteiger partial charge in [0.05, 0.1) is 0 Å². The lowest BCUT2D eigenvalue weighted by molar-refractivity contribution is -0.122. The summed E-state index contributed by atoms with van der Waals surface area (Å²) in [5.74, 6) is 1.50. The summed E-state index contributed by atoms with van der Waals surface area (Å²) in [5, 5.41) is 7.01. The third-order valence-corrected chi connectivity index (χ3v) is 4.81. The third kappa shape index (κ3) is 5.29.